The number of nitrogens with one attached hydrogen (secondary N) is 1. The number of carbonyl (C=O) groups is 2. The molecule has 2 heterocycles. The monoisotopic (exact) mass is 238 g/mol. The summed E-state index contributed by atoms with van der Waals surface area (Å²) in [5, 5.41) is 2.95. The second-order valence-corrected chi connectivity index (χ2v) is 5.62. The van der Waals surface area contributed by atoms with Crippen molar-refractivity contribution in [3.05, 3.63) is 0 Å². The van der Waals surface area contributed by atoms with Crippen molar-refractivity contribution >= 4 is 11.7 Å². The van der Waals surface area contributed by atoms with Gasteiger partial charge >= 0.3 is 0 Å². The highest BCUT2D eigenvalue weighted by molar-refractivity contribution is 5.84. The van der Waals surface area contributed by atoms with Crippen LogP contribution >= 0.6 is 0 Å². The number of fused-ring (bicyclic) bond motifs is 2. The summed E-state index contributed by atoms with van der Waals surface area (Å²) in [5.41, 5.74) is 0. The number of hydrogen-bond donors (Lipinski definition) is 1. The molecule has 0 aromatic rings. The van der Waals surface area contributed by atoms with Gasteiger partial charge in [0, 0.05) is 31.0 Å². The molecule has 0 aromatic carbocycles. The number of amides is 1. The van der Waals surface area contributed by atoms with E-state index in [1.54, 1.807) is 0 Å². The zero-order chi connectivity index (χ0) is 12.6. The number of rotatable bonds is 3. The predicted molar refractivity (Wildman–Crippen MR) is 65.6 cm³/mol. The quantitative estimate of drug-likeness (QED) is 0.801. The van der Waals surface area contributed by atoms with Crippen molar-refractivity contribution in [2.45, 2.75) is 70.6 Å². The molecule has 0 saturated carbocycles. The average Bonchev–Trinajstić information content (AvgIpc) is 2.49. The first kappa shape index (κ1) is 12.6. The Morgan fingerprint density at radius 2 is 1.76 bits per heavy atom. The van der Waals surface area contributed by atoms with Gasteiger partial charge in [-0.25, -0.2) is 0 Å². The predicted octanol–water partition coefficient (Wildman–Crippen LogP) is 1.10. The van der Waals surface area contributed by atoms with Gasteiger partial charge in [-0.15, -0.1) is 0 Å². The van der Waals surface area contributed by atoms with Crippen LogP contribution in [0.5, 0.6) is 0 Å². The van der Waals surface area contributed by atoms with Gasteiger partial charge in [-0.2, -0.15) is 0 Å². The minimum Gasteiger partial charge on any atom is -0.353 e. The Hall–Kier alpha value is -0.900. The smallest absolute Gasteiger partial charge is 0.237 e. The fraction of sp³-hybridized carbons (Fsp3) is 0.846. The van der Waals surface area contributed by atoms with E-state index in [1.807, 2.05) is 20.8 Å². The highest BCUT2D eigenvalue weighted by Gasteiger charge is 2.43. The van der Waals surface area contributed by atoms with Crippen LogP contribution in [0.2, 0.25) is 0 Å². The van der Waals surface area contributed by atoms with Gasteiger partial charge in [0.25, 0.3) is 0 Å². The van der Waals surface area contributed by atoms with E-state index in [9.17, 15) is 9.59 Å². The number of nitrogens with zero attached hydrogens (tertiary/aromatic N) is 1. The van der Waals surface area contributed by atoms with Gasteiger partial charge in [0.1, 0.15) is 5.78 Å². The van der Waals surface area contributed by atoms with Crippen molar-refractivity contribution < 1.29 is 9.59 Å². The number of piperidine rings is 1. The van der Waals surface area contributed by atoms with E-state index in [1.165, 1.54) is 0 Å². The van der Waals surface area contributed by atoms with Gasteiger partial charge in [0.15, 0.2) is 0 Å². The van der Waals surface area contributed by atoms with Crippen LogP contribution in [0.1, 0.15) is 46.5 Å². The molecule has 2 saturated heterocycles. The van der Waals surface area contributed by atoms with Gasteiger partial charge in [-0.05, 0) is 33.6 Å². The summed E-state index contributed by atoms with van der Waals surface area (Å²) >= 11 is 0. The lowest BCUT2D eigenvalue weighted by Gasteiger charge is -2.38. The molecule has 4 nitrogen and oxygen atoms in total. The third-order valence-corrected chi connectivity index (χ3v) is 3.86. The van der Waals surface area contributed by atoms with Crippen LogP contribution in [0, 0.1) is 0 Å². The molecule has 2 rings (SSSR count). The van der Waals surface area contributed by atoms with Crippen LogP contribution in [0.4, 0.5) is 0 Å². The second kappa shape index (κ2) is 4.77. The Labute approximate surface area is 103 Å². The molecular formula is C13H22N2O2. The number of hydrogen-bond acceptors (Lipinski definition) is 3. The van der Waals surface area contributed by atoms with E-state index < -0.39 is 0 Å². The highest BCUT2D eigenvalue weighted by Crippen LogP contribution is 2.35. The molecule has 2 fully saturated rings. The van der Waals surface area contributed by atoms with Gasteiger partial charge in [-0.3, -0.25) is 14.5 Å². The van der Waals surface area contributed by atoms with E-state index >= 15 is 0 Å². The fourth-order valence-corrected chi connectivity index (χ4v) is 3.18. The second-order valence-electron chi connectivity index (χ2n) is 5.62. The Morgan fingerprint density at radius 3 is 2.24 bits per heavy atom. The maximum Gasteiger partial charge on any atom is 0.237 e. The van der Waals surface area contributed by atoms with Crippen LogP contribution in [-0.2, 0) is 9.59 Å². The third kappa shape index (κ3) is 2.51. The molecule has 1 N–H and O–H groups in total. The lowest BCUT2D eigenvalue weighted by molar-refractivity contribution is -0.132. The molecule has 2 bridgehead atoms. The summed E-state index contributed by atoms with van der Waals surface area (Å²) in [6.07, 6.45) is 3.40. The summed E-state index contributed by atoms with van der Waals surface area (Å²) in [6, 6.07) is 0.667. The zero-order valence-corrected chi connectivity index (χ0v) is 10.9. The van der Waals surface area contributed by atoms with Gasteiger partial charge in [0.2, 0.25) is 5.91 Å². The minimum atomic E-state index is -0.108. The van der Waals surface area contributed by atoms with E-state index in [-0.39, 0.29) is 18.0 Å². The lowest BCUT2D eigenvalue weighted by Crippen LogP contribution is -2.54. The maximum absolute atomic E-state index is 12.0. The first-order valence-electron chi connectivity index (χ1n) is 6.58. The normalized spacial score (nSPS) is 30.7. The molecular weight excluding hydrogens is 216 g/mol. The summed E-state index contributed by atoms with van der Waals surface area (Å²) in [5.74, 6) is 0.455. The summed E-state index contributed by atoms with van der Waals surface area (Å²) in [4.78, 5) is 25.8. The van der Waals surface area contributed by atoms with Crippen LogP contribution in [0.3, 0.4) is 0 Å². The van der Waals surface area contributed by atoms with E-state index in [0.717, 1.165) is 12.8 Å². The first-order valence-corrected chi connectivity index (χ1v) is 6.58. The Morgan fingerprint density at radius 1 is 1.24 bits per heavy atom. The Bertz CT molecular complexity index is 311. The minimum absolute atomic E-state index is 0.0891. The maximum atomic E-state index is 12.0. The number of Topliss-reactive ketones (excluding diaryl/α,β-unsaturated/α-hetero) is 1. The molecule has 0 aliphatic carbocycles. The standard InChI is InChI=1S/C13H22N2O2/c1-8(2)14-13(17)9(3)15-10-4-5-11(15)7-12(16)6-10/h8-11H,4-7H2,1-3H3,(H,14,17). The molecule has 0 spiro atoms. The van der Waals surface area contributed by atoms with Crippen LogP contribution in [0.25, 0.3) is 0 Å². The zero-order valence-electron chi connectivity index (χ0n) is 10.9. The molecule has 1 amide bonds. The third-order valence-electron chi connectivity index (χ3n) is 3.86. The topological polar surface area (TPSA) is 49.4 Å². The van der Waals surface area contributed by atoms with Gasteiger partial charge in [-0.1, -0.05) is 0 Å². The van der Waals surface area contributed by atoms with E-state index in [2.05, 4.69) is 10.2 Å². The lowest BCUT2D eigenvalue weighted by atomic mass is 9.99. The van der Waals surface area contributed by atoms with Crippen LogP contribution in [-0.4, -0.2) is 40.8 Å². The van der Waals surface area contributed by atoms with Crippen molar-refractivity contribution in [3.8, 4) is 0 Å². The first-order chi connectivity index (χ1) is 7.99. The Kier molecular flexibility index (Phi) is 3.52. The van der Waals surface area contributed by atoms with E-state index in [0.29, 0.717) is 30.7 Å². The van der Waals surface area contributed by atoms with Crippen molar-refractivity contribution in [1.82, 2.24) is 10.2 Å². The van der Waals surface area contributed by atoms with Crippen LogP contribution < -0.4 is 5.32 Å². The van der Waals surface area contributed by atoms with Crippen molar-refractivity contribution in [1.29, 1.82) is 0 Å². The molecule has 2 aliphatic heterocycles. The summed E-state index contributed by atoms with van der Waals surface area (Å²) in [7, 11) is 0. The molecule has 17 heavy (non-hydrogen) atoms. The molecule has 3 atom stereocenters. The fourth-order valence-electron chi connectivity index (χ4n) is 3.18. The Balaban J connectivity index is 2.03. The van der Waals surface area contributed by atoms with Crippen molar-refractivity contribution in [2.75, 3.05) is 0 Å². The van der Waals surface area contributed by atoms with Crippen molar-refractivity contribution in [2.24, 2.45) is 0 Å². The SMILES string of the molecule is CC(C)NC(=O)C(C)N1C2CCC1CC(=O)C2. The molecule has 0 radical (unpaired) electrons. The van der Waals surface area contributed by atoms with Gasteiger partial charge < -0.3 is 5.32 Å². The van der Waals surface area contributed by atoms with Crippen molar-refractivity contribution in [3.63, 3.8) is 0 Å². The average molecular weight is 238 g/mol. The number of ketones is 1. The molecule has 2 aliphatic rings. The molecule has 0 aromatic heterocycles. The van der Waals surface area contributed by atoms with Crippen LogP contribution in [0.15, 0.2) is 0 Å². The largest absolute Gasteiger partial charge is 0.353 e. The highest BCUT2D eigenvalue weighted by atomic mass is 16.2. The number of carbonyl (C=O) groups excluding carboxylic acids is 2. The molecule has 4 heteroatoms. The van der Waals surface area contributed by atoms with Gasteiger partial charge in [0.05, 0.1) is 6.04 Å². The van der Waals surface area contributed by atoms with E-state index in [4.69, 9.17) is 0 Å². The summed E-state index contributed by atoms with van der Waals surface area (Å²) in [6.45, 7) is 5.90. The molecule has 3 unspecified atom stereocenters. The molecule has 96 valence electrons. The summed E-state index contributed by atoms with van der Waals surface area (Å²) < 4.78 is 0.